The fourth-order valence-electron chi connectivity index (χ4n) is 1.63. The van der Waals surface area contributed by atoms with Crippen LogP contribution < -0.4 is 10.1 Å². The lowest BCUT2D eigenvalue weighted by Gasteiger charge is -2.16. The molecule has 0 radical (unpaired) electrons. The van der Waals surface area contributed by atoms with Crippen LogP contribution in [0.1, 0.15) is 32.3 Å². The number of nitrogens with one attached hydrogen (secondary N) is 1. The Morgan fingerprint density at radius 1 is 1.28 bits per heavy atom. The van der Waals surface area contributed by atoms with Gasteiger partial charge < -0.3 is 14.8 Å². The Bertz CT molecular complexity index is 328. The Morgan fingerprint density at radius 3 is 2.78 bits per heavy atom. The van der Waals surface area contributed by atoms with E-state index >= 15 is 0 Å². The third-order valence-corrected chi connectivity index (χ3v) is 2.89. The van der Waals surface area contributed by atoms with Gasteiger partial charge in [-0.25, -0.2) is 0 Å². The van der Waals surface area contributed by atoms with Crippen LogP contribution in [-0.4, -0.2) is 26.4 Å². The topological polar surface area (TPSA) is 30.5 Å². The molecule has 0 aliphatic carbocycles. The van der Waals surface area contributed by atoms with Crippen molar-refractivity contribution in [2.45, 2.75) is 39.3 Å². The van der Waals surface area contributed by atoms with E-state index in [4.69, 9.17) is 9.47 Å². The number of rotatable bonds is 9. The van der Waals surface area contributed by atoms with Crippen LogP contribution in [0.4, 0.5) is 0 Å². The quantitative estimate of drug-likeness (QED) is 0.684. The first-order chi connectivity index (χ1) is 8.77. The van der Waals surface area contributed by atoms with E-state index in [2.05, 4.69) is 31.3 Å². The molecule has 0 heterocycles. The summed E-state index contributed by atoms with van der Waals surface area (Å²) < 4.78 is 10.9. The molecule has 102 valence electrons. The summed E-state index contributed by atoms with van der Waals surface area (Å²) in [6, 6.07) is 8.22. The Kier molecular flexibility index (Phi) is 7.46. The predicted octanol–water partition coefficient (Wildman–Crippen LogP) is 2.99. The normalized spacial score (nSPS) is 12.4. The van der Waals surface area contributed by atoms with Crippen molar-refractivity contribution < 1.29 is 9.47 Å². The molecule has 0 amide bonds. The Hall–Kier alpha value is -1.06. The summed E-state index contributed by atoms with van der Waals surface area (Å²) in [5.74, 6) is 0.992. The molecule has 1 rings (SSSR count). The van der Waals surface area contributed by atoms with Crippen molar-refractivity contribution >= 4 is 0 Å². The molecular formula is C15H25NO2. The van der Waals surface area contributed by atoms with E-state index in [1.807, 2.05) is 12.1 Å². The molecule has 1 N–H and O–H groups in total. The minimum atomic E-state index is 0.264. The summed E-state index contributed by atoms with van der Waals surface area (Å²) in [5.41, 5.74) is 1.22. The first-order valence-electron chi connectivity index (χ1n) is 6.72. The molecule has 0 spiro atoms. The number of hydrogen-bond donors (Lipinski definition) is 1. The minimum absolute atomic E-state index is 0.264. The zero-order valence-corrected chi connectivity index (χ0v) is 11.7. The zero-order chi connectivity index (χ0) is 13.2. The summed E-state index contributed by atoms with van der Waals surface area (Å²) in [6.07, 6.45) is 2.32. The van der Waals surface area contributed by atoms with Gasteiger partial charge >= 0.3 is 0 Å². The van der Waals surface area contributed by atoms with E-state index in [1.165, 1.54) is 5.56 Å². The highest BCUT2D eigenvalue weighted by Gasteiger charge is 2.05. The van der Waals surface area contributed by atoms with Crippen molar-refractivity contribution in [2.24, 2.45) is 0 Å². The van der Waals surface area contributed by atoms with E-state index < -0.39 is 0 Å². The minimum Gasteiger partial charge on any atom is -0.490 e. The molecule has 1 atom stereocenters. The van der Waals surface area contributed by atoms with Crippen molar-refractivity contribution in [3.8, 4) is 5.75 Å². The first kappa shape index (κ1) is 15.0. The average molecular weight is 251 g/mol. The van der Waals surface area contributed by atoms with Gasteiger partial charge in [-0.3, -0.25) is 0 Å². The molecule has 0 unspecified atom stereocenters. The van der Waals surface area contributed by atoms with Gasteiger partial charge in [0.25, 0.3) is 0 Å². The summed E-state index contributed by atoms with van der Waals surface area (Å²) in [7, 11) is 1.73. The van der Waals surface area contributed by atoms with Crippen LogP contribution in [0.2, 0.25) is 0 Å². The van der Waals surface area contributed by atoms with Gasteiger partial charge in [-0.05, 0) is 32.4 Å². The molecule has 3 heteroatoms. The maximum Gasteiger partial charge on any atom is 0.124 e. The number of hydrogen-bond acceptors (Lipinski definition) is 3. The van der Waals surface area contributed by atoms with Crippen LogP contribution in [0.5, 0.6) is 5.75 Å². The van der Waals surface area contributed by atoms with Gasteiger partial charge in [-0.15, -0.1) is 0 Å². The number of methoxy groups -OCH3 is 1. The highest BCUT2D eigenvalue weighted by atomic mass is 16.5. The Morgan fingerprint density at radius 2 is 2.06 bits per heavy atom. The molecular weight excluding hydrogens is 226 g/mol. The molecule has 0 fully saturated rings. The van der Waals surface area contributed by atoms with Gasteiger partial charge in [-0.1, -0.05) is 25.1 Å². The van der Waals surface area contributed by atoms with Crippen molar-refractivity contribution in [3.63, 3.8) is 0 Å². The molecule has 0 aliphatic heterocycles. The predicted molar refractivity (Wildman–Crippen MR) is 75.0 cm³/mol. The molecule has 0 aromatic heterocycles. The molecule has 0 saturated heterocycles. The maximum atomic E-state index is 5.91. The number of benzene rings is 1. The van der Waals surface area contributed by atoms with Crippen molar-refractivity contribution in [1.82, 2.24) is 5.32 Å². The number of para-hydroxylation sites is 1. The van der Waals surface area contributed by atoms with Crippen LogP contribution in [0.25, 0.3) is 0 Å². The SMILES string of the molecule is CC[C@H](C)Oc1ccccc1CNCCCOC. The van der Waals surface area contributed by atoms with Gasteiger partial charge in [0.15, 0.2) is 0 Å². The highest BCUT2D eigenvalue weighted by Crippen LogP contribution is 2.19. The van der Waals surface area contributed by atoms with Crippen molar-refractivity contribution in [2.75, 3.05) is 20.3 Å². The smallest absolute Gasteiger partial charge is 0.124 e. The summed E-state index contributed by atoms with van der Waals surface area (Å²) in [6.45, 7) is 6.85. The van der Waals surface area contributed by atoms with E-state index in [0.717, 1.165) is 38.3 Å². The average Bonchev–Trinajstić information content (AvgIpc) is 2.40. The zero-order valence-electron chi connectivity index (χ0n) is 11.7. The van der Waals surface area contributed by atoms with E-state index in [-0.39, 0.29) is 6.10 Å². The van der Waals surface area contributed by atoms with Gasteiger partial charge in [0.2, 0.25) is 0 Å². The van der Waals surface area contributed by atoms with E-state index in [1.54, 1.807) is 7.11 Å². The van der Waals surface area contributed by atoms with Gasteiger partial charge in [-0.2, -0.15) is 0 Å². The summed E-state index contributed by atoms with van der Waals surface area (Å²) in [5, 5.41) is 3.41. The van der Waals surface area contributed by atoms with Crippen LogP contribution in [0, 0.1) is 0 Å². The molecule has 0 aliphatic rings. The van der Waals surface area contributed by atoms with Crippen LogP contribution in [-0.2, 0) is 11.3 Å². The lowest BCUT2D eigenvalue weighted by atomic mass is 10.2. The molecule has 0 saturated carbocycles. The van der Waals surface area contributed by atoms with Crippen LogP contribution in [0.3, 0.4) is 0 Å². The van der Waals surface area contributed by atoms with Crippen LogP contribution >= 0.6 is 0 Å². The van der Waals surface area contributed by atoms with Crippen molar-refractivity contribution in [3.05, 3.63) is 29.8 Å². The fourth-order valence-corrected chi connectivity index (χ4v) is 1.63. The van der Waals surface area contributed by atoms with Gasteiger partial charge in [0.05, 0.1) is 6.10 Å². The summed E-state index contributed by atoms with van der Waals surface area (Å²) >= 11 is 0. The second kappa shape index (κ2) is 8.95. The van der Waals surface area contributed by atoms with E-state index in [9.17, 15) is 0 Å². The molecule has 18 heavy (non-hydrogen) atoms. The Balaban J connectivity index is 2.43. The number of ether oxygens (including phenoxy) is 2. The van der Waals surface area contributed by atoms with Crippen LogP contribution in [0.15, 0.2) is 24.3 Å². The molecule has 0 bridgehead atoms. The molecule has 1 aromatic rings. The fraction of sp³-hybridized carbons (Fsp3) is 0.600. The van der Waals surface area contributed by atoms with Gasteiger partial charge in [0, 0.05) is 25.8 Å². The lowest BCUT2D eigenvalue weighted by Crippen LogP contribution is -2.18. The standard InChI is InChI=1S/C15H25NO2/c1-4-13(2)18-15-9-6-5-8-14(15)12-16-10-7-11-17-3/h5-6,8-9,13,16H,4,7,10-12H2,1-3H3/t13-/m0/s1. The summed E-state index contributed by atoms with van der Waals surface area (Å²) in [4.78, 5) is 0. The molecule has 1 aromatic carbocycles. The third-order valence-electron chi connectivity index (χ3n) is 2.89. The monoisotopic (exact) mass is 251 g/mol. The lowest BCUT2D eigenvalue weighted by molar-refractivity contribution is 0.194. The second-order valence-corrected chi connectivity index (χ2v) is 4.47. The van der Waals surface area contributed by atoms with Gasteiger partial charge in [0.1, 0.15) is 5.75 Å². The first-order valence-corrected chi connectivity index (χ1v) is 6.72. The van der Waals surface area contributed by atoms with Crippen molar-refractivity contribution in [1.29, 1.82) is 0 Å². The largest absolute Gasteiger partial charge is 0.490 e. The Labute approximate surface area is 110 Å². The maximum absolute atomic E-state index is 5.91. The second-order valence-electron chi connectivity index (χ2n) is 4.47. The molecule has 3 nitrogen and oxygen atoms in total. The van der Waals surface area contributed by atoms with E-state index in [0.29, 0.717) is 0 Å². The highest BCUT2D eigenvalue weighted by molar-refractivity contribution is 5.33. The third kappa shape index (κ3) is 5.52.